The number of imidazole rings is 1. The molecule has 0 fully saturated rings. The number of rotatable bonds is 2. The van der Waals surface area contributed by atoms with Crippen molar-refractivity contribution >= 4 is 40.2 Å². The second-order valence-electron chi connectivity index (χ2n) is 4.22. The summed E-state index contributed by atoms with van der Waals surface area (Å²) in [7, 11) is 0. The standard InChI is InChI=1S/C13H10Cl2N4/c14-8-2-1-7(5-9(8)15)6-12-17-10-3-4-11(16)18-13(10)19-12/h1-5H,6H2,(H3,16,17,18,19). The maximum Gasteiger partial charge on any atom is 0.179 e. The van der Waals surface area contributed by atoms with E-state index in [2.05, 4.69) is 15.0 Å². The number of benzene rings is 1. The molecule has 0 amide bonds. The minimum Gasteiger partial charge on any atom is -0.384 e. The molecular formula is C13H10Cl2N4. The molecule has 0 bridgehead atoms. The van der Waals surface area contributed by atoms with Gasteiger partial charge in [-0.2, -0.15) is 0 Å². The van der Waals surface area contributed by atoms with Gasteiger partial charge in [-0.05, 0) is 29.8 Å². The molecule has 0 unspecified atom stereocenters. The lowest BCUT2D eigenvalue weighted by atomic mass is 10.1. The van der Waals surface area contributed by atoms with Crippen LogP contribution in [0.4, 0.5) is 5.82 Å². The molecule has 3 N–H and O–H groups in total. The van der Waals surface area contributed by atoms with Crippen molar-refractivity contribution in [1.82, 2.24) is 15.0 Å². The van der Waals surface area contributed by atoms with Crippen molar-refractivity contribution in [2.24, 2.45) is 0 Å². The van der Waals surface area contributed by atoms with Crippen LogP contribution >= 0.6 is 23.2 Å². The van der Waals surface area contributed by atoms with Crippen molar-refractivity contribution < 1.29 is 0 Å². The molecule has 6 heteroatoms. The van der Waals surface area contributed by atoms with E-state index in [1.165, 1.54) is 0 Å². The number of nitrogens with zero attached hydrogens (tertiary/aromatic N) is 2. The van der Waals surface area contributed by atoms with Crippen LogP contribution in [0.25, 0.3) is 11.2 Å². The summed E-state index contributed by atoms with van der Waals surface area (Å²) in [5.74, 6) is 1.27. The number of fused-ring (bicyclic) bond motifs is 1. The molecular weight excluding hydrogens is 283 g/mol. The maximum absolute atomic E-state index is 5.99. The molecule has 0 radical (unpaired) electrons. The molecule has 2 aromatic heterocycles. The second-order valence-corrected chi connectivity index (χ2v) is 5.03. The quantitative estimate of drug-likeness (QED) is 0.760. The molecule has 0 saturated heterocycles. The Morgan fingerprint density at radius 1 is 1.05 bits per heavy atom. The molecule has 19 heavy (non-hydrogen) atoms. The first kappa shape index (κ1) is 12.3. The van der Waals surface area contributed by atoms with E-state index in [9.17, 15) is 0 Å². The number of hydrogen-bond acceptors (Lipinski definition) is 3. The van der Waals surface area contributed by atoms with Crippen molar-refractivity contribution in [2.45, 2.75) is 6.42 Å². The van der Waals surface area contributed by atoms with E-state index in [1.807, 2.05) is 18.2 Å². The van der Waals surface area contributed by atoms with Crippen LogP contribution in [0.3, 0.4) is 0 Å². The highest BCUT2D eigenvalue weighted by atomic mass is 35.5. The van der Waals surface area contributed by atoms with E-state index < -0.39 is 0 Å². The zero-order valence-corrected chi connectivity index (χ0v) is 11.3. The van der Waals surface area contributed by atoms with Crippen molar-refractivity contribution in [3.05, 3.63) is 51.8 Å². The van der Waals surface area contributed by atoms with E-state index in [1.54, 1.807) is 12.1 Å². The topological polar surface area (TPSA) is 67.6 Å². The number of hydrogen-bond donors (Lipinski definition) is 2. The molecule has 0 atom stereocenters. The van der Waals surface area contributed by atoms with E-state index in [0.717, 1.165) is 16.9 Å². The number of nitrogen functional groups attached to an aromatic ring is 1. The SMILES string of the molecule is Nc1ccc2[nH]c(Cc3ccc(Cl)c(Cl)c3)nc2n1. The normalized spacial score (nSPS) is 11.1. The van der Waals surface area contributed by atoms with E-state index >= 15 is 0 Å². The molecule has 0 aliphatic heterocycles. The van der Waals surface area contributed by atoms with Crippen LogP contribution in [0.1, 0.15) is 11.4 Å². The number of H-pyrrole nitrogens is 1. The minimum absolute atomic E-state index is 0.458. The highest BCUT2D eigenvalue weighted by molar-refractivity contribution is 6.42. The molecule has 1 aromatic carbocycles. The highest BCUT2D eigenvalue weighted by Crippen LogP contribution is 2.23. The van der Waals surface area contributed by atoms with Gasteiger partial charge in [0.1, 0.15) is 11.6 Å². The van der Waals surface area contributed by atoms with Crippen molar-refractivity contribution in [2.75, 3.05) is 5.73 Å². The zero-order chi connectivity index (χ0) is 13.4. The van der Waals surface area contributed by atoms with Gasteiger partial charge in [0.05, 0.1) is 15.6 Å². The monoisotopic (exact) mass is 292 g/mol. The minimum atomic E-state index is 0.458. The molecule has 0 aliphatic carbocycles. The van der Waals surface area contributed by atoms with Crippen LogP contribution in [0.5, 0.6) is 0 Å². The van der Waals surface area contributed by atoms with Crippen LogP contribution in [0, 0.1) is 0 Å². The van der Waals surface area contributed by atoms with Gasteiger partial charge in [0.15, 0.2) is 5.65 Å². The van der Waals surface area contributed by atoms with Gasteiger partial charge in [0.25, 0.3) is 0 Å². The molecule has 4 nitrogen and oxygen atoms in total. The summed E-state index contributed by atoms with van der Waals surface area (Å²) in [6.07, 6.45) is 0.632. The number of nitrogens with two attached hydrogens (primary N) is 1. The van der Waals surface area contributed by atoms with Gasteiger partial charge in [0.2, 0.25) is 0 Å². The third kappa shape index (κ3) is 2.50. The first-order valence-corrected chi connectivity index (χ1v) is 6.42. The Hall–Kier alpha value is -1.78. The molecule has 0 aliphatic rings. The summed E-state index contributed by atoms with van der Waals surface area (Å²) < 4.78 is 0. The molecule has 0 saturated carbocycles. The van der Waals surface area contributed by atoms with Crippen LogP contribution in [0.15, 0.2) is 30.3 Å². The average molecular weight is 293 g/mol. The van der Waals surface area contributed by atoms with Gasteiger partial charge in [-0.3, -0.25) is 0 Å². The lowest BCUT2D eigenvalue weighted by molar-refractivity contribution is 1.03. The zero-order valence-electron chi connectivity index (χ0n) is 9.82. The molecule has 3 rings (SSSR count). The van der Waals surface area contributed by atoms with Gasteiger partial charge >= 0.3 is 0 Å². The number of nitrogens with one attached hydrogen (secondary N) is 1. The first-order valence-electron chi connectivity index (χ1n) is 5.67. The van der Waals surface area contributed by atoms with Crippen LogP contribution in [0.2, 0.25) is 10.0 Å². The first-order chi connectivity index (χ1) is 9.11. The second kappa shape index (κ2) is 4.72. The van der Waals surface area contributed by atoms with Crippen LogP contribution < -0.4 is 5.73 Å². The Bertz CT molecular complexity index is 751. The fourth-order valence-corrected chi connectivity index (χ4v) is 2.20. The summed E-state index contributed by atoms with van der Waals surface area (Å²) in [6, 6.07) is 9.13. The number of halogens is 2. The molecule has 96 valence electrons. The lowest BCUT2D eigenvalue weighted by Crippen LogP contribution is -1.91. The highest BCUT2D eigenvalue weighted by Gasteiger charge is 2.06. The molecule has 3 aromatic rings. The fraction of sp³-hybridized carbons (Fsp3) is 0.0769. The van der Waals surface area contributed by atoms with E-state index in [4.69, 9.17) is 28.9 Å². The Balaban J connectivity index is 1.94. The van der Waals surface area contributed by atoms with Gasteiger partial charge in [-0.15, -0.1) is 0 Å². The summed E-state index contributed by atoms with van der Waals surface area (Å²) in [5, 5.41) is 1.09. The largest absolute Gasteiger partial charge is 0.384 e. The summed E-state index contributed by atoms with van der Waals surface area (Å²) >= 11 is 11.9. The summed E-state index contributed by atoms with van der Waals surface area (Å²) in [4.78, 5) is 11.8. The Morgan fingerprint density at radius 3 is 2.68 bits per heavy atom. The van der Waals surface area contributed by atoms with Gasteiger partial charge in [-0.1, -0.05) is 29.3 Å². The van der Waals surface area contributed by atoms with Crippen molar-refractivity contribution in [3.8, 4) is 0 Å². The summed E-state index contributed by atoms with van der Waals surface area (Å²) in [5.41, 5.74) is 8.14. The van der Waals surface area contributed by atoms with Crippen molar-refractivity contribution in [3.63, 3.8) is 0 Å². The predicted molar refractivity (Wildman–Crippen MR) is 77.6 cm³/mol. The van der Waals surface area contributed by atoms with E-state index in [-0.39, 0.29) is 0 Å². The Morgan fingerprint density at radius 2 is 1.89 bits per heavy atom. The van der Waals surface area contributed by atoms with Gasteiger partial charge in [0, 0.05) is 6.42 Å². The van der Waals surface area contributed by atoms with Gasteiger partial charge < -0.3 is 10.7 Å². The Labute approximate surface area is 119 Å². The number of aromatic nitrogens is 3. The third-order valence-electron chi connectivity index (χ3n) is 2.77. The van der Waals surface area contributed by atoms with E-state index in [0.29, 0.717) is 27.9 Å². The molecule has 0 spiro atoms. The molecule has 2 heterocycles. The van der Waals surface area contributed by atoms with Crippen molar-refractivity contribution in [1.29, 1.82) is 0 Å². The smallest absolute Gasteiger partial charge is 0.179 e. The number of aromatic amines is 1. The van der Waals surface area contributed by atoms with Gasteiger partial charge in [-0.25, -0.2) is 9.97 Å². The Kier molecular flexibility index (Phi) is 3.05. The van der Waals surface area contributed by atoms with Crippen LogP contribution in [-0.2, 0) is 6.42 Å². The van der Waals surface area contributed by atoms with Crippen LogP contribution in [-0.4, -0.2) is 15.0 Å². The fourth-order valence-electron chi connectivity index (χ4n) is 1.88. The summed E-state index contributed by atoms with van der Waals surface area (Å²) in [6.45, 7) is 0. The maximum atomic E-state index is 5.99. The number of anilines is 1. The third-order valence-corrected chi connectivity index (χ3v) is 3.51. The lowest BCUT2D eigenvalue weighted by Gasteiger charge is -2.00. The predicted octanol–water partition coefficient (Wildman–Crippen LogP) is 3.44. The average Bonchev–Trinajstić information content (AvgIpc) is 2.75. The number of pyridine rings is 1.